The van der Waals surface area contributed by atoms with Gasteiger partial charge in [-0.15, -0.1) is 0 Å². The Labute approximate surface area is 221 Å². The Morgan fingerprint density at radius 3 is 2.66 bits per heavy atom. The fourth-order valence-corrected chi connectivity index (χ4v) is 4.96. The van der Waals surface area contributed by atoms with Crippen molar-refractivity contribution in [1.82, 2.24) is 20.6 Å². The molecular formula is C28H31N5O5. The molecule has 1 atom stereocenters. The van der Waals surface area contributed by atoms with Crippen LogP contribution in [0, 0.1) is 17.8 Å². The van der Waals surface area contributed by atoms with Gasteiger partial charge in [-0.25, -0.2) is 10.3 Å². The molecule has 0 unspecified atom stereocenters. The SMILES string of the molecule is COc1ccc2c(c1)C(=O)N(C[C@]1(C#Cc3ccc(NC(=O)C4CCN(C)CC4)cc3)CONC(=O)N1)C2. The molecule has 0 bridgehead atoms. The van der Waals surface area contributed by atoms with Crippen molar-refractivity contribution in [1.29, 1.82) is 0 Å². The van der Waals surface area contributed by atoms with Gasteiger partial charge < -0.3 is 25.2 Å². The highest BCUT2D eigenvalue weighted by Crippen LogP contribution is 2.28. The van der Waals surface area contributed by atoms with Gasteiger partial charge in [-0.2, -0.15) is 0 Å². The van der Waals surface area contributed by atoms with Crippen molar-refractivity contribution in [2.45, 2.75) is 24.9 Å². The zero-order chi connectivity index (χ0) is 26.7. The van der Waals surface area contributed by atoms with Gasteiger partial charge in [0.05, 0.1) is 13.7 Å². The molecule has 10 nitrogen and oxygen atoms in total. The van der Waals surface area contributed by atoms with Crippen LogP contribution in [0.4, 0.5) is 10.5 Å². The van der Waals surface area contributed by atoms with E-state index in [-0.39, 0.29) is 30.9 Å². The fourth-order valence-electron chi connectivity index (χ4n) is 4.96. The topological polar surface area (TPSA) is 112 Å². The van der Waals surface area contributed by atoms with E-state index in [9.17, 15) is 14.4 Å². The Morgan fingerprint density at radius 2 is 1.95 bits per heavy atom. The lowest BCUT2D eigenvalue weighted by Crippen LogP contribution is -2.64. The highest BCUT2D eigenvalue weighted by atomic mass is 16.7. The summed E-state index contributed by atoms with van der Waals surface area (Å²) in [6.07, 6.45) is 1.71. The Hall–Kier alpha value is -4.07. The third kappa shape index (κ3) is 5.59. The van der Waals surface area contributed by atoms with E-state index >= 15 is 0 Å². The second kappa shape index (κ2) is 10.7. The van der Waals surface area contributed by atoms with Crippen LogP contribution in [0.3, 0.4) is 0 Å². The number of benzene rings is 2. The number of nitrogens with one attached hydrogen (secondary N) is 3. The van der Waals surface area contributed by atoms with Crippen LogP contribution in [0.1, 0.15) is 34.3 Å². The summed E-state index contributed by atoms with van der Waals surface area (Å²) in [6.45, 7) is 2.45. The number of hydrogen-bond acceptors (Lipinski definition) is 6. The predicted octanol–water partition coefficient (Wildman–Crippen LogP) is 1.97. The lowest BCUT2D eigenvalue weighted by Gasteiger charge is -2.36. The monoisotopic (exact) mass is 517 g/mol. The van der Waals surface area contributed by atoms with Gasteiger partial charge in [-0.1, -0.05) is 17.9 Å². The van der Waals surface area contributed by atoms with E-state index in [2.05, 4.69) is 39.9 Å². The molecule has 38 heavy (non-hydrogen) atoms. The number of nitrogens with zero attached hydrogens (tertiary/aromatic N) is 2. The summed E-state index contributed by atoms with van der Waals surface area (Å²) in [4.78, 5) is 47.1. The summed E-state index contributed by atoms with van der Waals surface area (Å²) < 4.78 is 5.26. The van der Waals surface area contributed by atoms with Crippen molar-refractivity contribution in [2.75, 3.05) is 45.7 Å². The van der Waals surface area contributed by atoms with Crippen LogP contribution in [0.5, 0.6) is 5.75 Å². The van der Waals surface area contributed by atoms with Gasteiger partial charge in [0, 0.05) is 29.3 Å². The molecule has 3 aliphatic rings. The maximum atomic E-state index is 13.1. The molecule has 198 valence electrons. The number of ether oxygens (including phenoxy) is 1. The van der Waals surface area contributed by atoms with E-state index < -0.39 is 11.6 Å². The molecule has 2 fully saturated rings. The number of hydroxylamine groups is 1. The number of amides is 4. The molecule has 3 aliphatic heterocycles. The number of carbonyl (C=O) groups excluding carboxylic acids is 3. The van der Waals surface area contributed by atoms with Gasteiger partial charge in [0.2, 0.25) is 5.91 Å². The van der Waals surface area contributed by atoms with Crippen molar-refractivity contribution >= 4 is 23.5 Å². The van der Waals surface area contributed by atoms with Crippen LogP contribution in [-0.2, 0) is 16.2 Å². The summed E-state index contributed by atoms with van der Waals surface area (Å²) in [6, 6.07) is 12.2. The summed E-state index contributed by atoms with van der Waals surface area (Å²) in [5, 5.41) is 5.84. The van der Waals surface area contributed by atoms with Crippen molar-refractivity contribution in [3.05, 3.63) is 59.2 Å². The van der Waals surface area contributed by atoms with Crippen molar-refractivity contribution in [2.24, 2.45) is 5.92 Å². The number of piperidine rings is 1. The molecule has 0 aliphatic carbocycles. The number of hydrogen-bond donors (Lipinski definition) is 3. The summed E-state index contributed by atoms with van der Waals surface area (Å²) in [5.41, 5.74) is 4.05. The minimum absolute atomic E-state index is 0.0228. The van der Waals surface area contributed by atoms with Gasteiger partial charge in [0.25, 0.3) is 5.91 Å². The van der Waals surface area contributed by atoms with E-state index in [1.165, 1.54) is 0 Å². The van der Waals surface area contributed by atoms with Gasteiger partial charge >= 0.3 is 6.03 Å². The van der Waals surface area contributed by atoms with Crippen molar-refractivity contribution in [3.8, 4) is 17.6 Å². The summed E-state index contributed by atoms with van der Waals surface area (Å²) >= 11 is 0. The number of carbonyl (C=O) groups is 3. The van der Waals surface area contributed by atoms with Crippen LogP contribution < -0.4 is 20.9 Å². The lowest BCUT2D eigenvalue weighted by molar-refractivity contribution is -0.121. The quantitative estimate of drug-likeness (QED) is 0.523. The molecule has 0 radical (unpaired) electrons. The minimum atomic E-state index is -1.11. The van der Waals surface area contributed by atoms with Gasteiger partial charge in [0.1, 0.15) is 17.9 Å². The summed E-state index contributed by atoms with van der Waals surface area (Å²) in [7, 11) is 3.63. The molecule has 0 saturated carbocycles. The summed E-state index contributed by atoms with van der Waals surface area (Å²) in [5.74, 6) is 6.76. The first-order valence-corrected chi connectivity index (χ1v) is 12.6. The first-order chi connectivity index (χ1) is 18.3. The first-order valence-electron chi connectivity index (χ1n) is 12.6. The van der Waals surface area contributed by atoms with E-state index in [0.29, 0.717) is 29.1 Å². The normalized spacial score (nSPS) is 21.6. The standard InChI is InChI=1S/C28H31N5O5/c1-32-13-10-20(11-14-32)25(34)29-22-6-3-19(4-7-22)9-12-28(18-38-31-27(36)30-28)17-33-16-21-5-8-23(37-2)15-24(21)26(33)35/h3-8,15,20H,10-11,13-14,16-18H2,1-2H3,(H,29,34)(H2,30,31,36)/t28-/m1/s1. The highest BCUT2D eigenvalue weighted by Gasteiger charge is 2.40. The number of rotatable bonds is 5. The third-order valence-electron chi connectivity index (χ3n) is 7.18. The maximum Gasteiger partial charge on any atom is 0.340 e. The van der Waals surface area contributed by atoms with Crippen LogP contribution >= 0.6 is 0 Å². The number of fused-ring (bicyclic) bond motifs is 1. The molecule has 2 aromatic carbocycles. The van der Waals surface area contributed by atoms with Gasteiger partial charge in [-0.3, -0.25) is 14.4 Å². The van der Waals surface area contributed by atoms with E-state index in [1.54, 1.807) is 18.1 Å². The van der Waals surface area contributed by atoms with E-state index in [4.69, 9.17) is 9.57 Å². The number of methoxy groups -OCH3 is 1. The average Bonchev–Trinajstić information content (AvgIpc) is 3.22. The highest BCUT2D eigenvalue weighted by molar-refractivity contribution is 5.99. The molecule has 4 amide bonds. The molecule has 2 aromatic rings. The smallest absolute Gasteiger partial charge is 0.340 e. The fraction of sp³-hybridized carbons (Fsp3) is 0.393. The van der Waals surface area contributed by atoms with Crippen LogP contribution in [0.2, 0.25) is 0 Å². The van der Waals surface area contributed by atoms with Gasteiger partial charge in [-0.05, 0) is 74.9 Å². The number of likely N-dealkylation sites (tertiary alicyclic amines) is 1. The van der Waals surface area contributed by atoms with Crippen molar-refractivity contribution in [3.63, 3.8) is 0 Å². The minimum Gasteiger partial charge on any atom is -0.497 e. The molecule has 10 heteroatoms. The molecule has 5 rings (SSSR count). The molecule has 2 saturated heterocycles. The lowest BCUT2D eigenvalue weighted by atomic mass is 9.96. The first kappa shape index (κ1) is 25.6. The molecule has 0 aromatic heterocycles. The Morgan fingerprint density at radius 1 is 1.18 bits per heavy atom. The molecular weight excluding hydrogens is 486 g/mol. The molecule has 3 N–H and O–H groups in total. The van der Waals surface area contributed by atoms with Crippen LogP contribution in [-0.4, -0.2) is 73.6 Å². The average molecular weight is 518 g/mol. The Balaban J connectivity index is 1.28. The predicted molar refractivity (Wildman–Crippen MR) is 140 cm³/mol. The van der Waals surface area contributed by atoms with Crippen molar-refractivity contribution < 1.29 is 24.0 Å². The van der Waals surface area contributed by atoms with E-state index in [0.717, 1.165) is 31.5 Å². The molecule has 0 spiro atoms. The largest absolute Gasteiger partial charge is 0.497 e. The number of anilines is 1. The second-order valence-electron chi connectivity index (χ2n) is 10.0. The van der Waals surface area contributed by atoms with Crippen LogP contribution in [0.15, 0.2) is 42.5 Å². The number of urea groups is 1. The molecule has 3 heterocycles. The zero-order valence-electron chi connectivity index (χ0n) is 21.5. The maximum absolute atomic E-state index is 13.1. The Bertz CT molecular complexity index is 1290. The second-order valence-corrected chi connectivity index (χ2v) is 10.0. The van der Waals surface area contributed by atoms with Crippen LogP contribution in [0.25, 0.3) is 0 Å². The van der Waals surface area contributed by atoms with Gasteiger partial charge in [0.15, 0.2) is 0 Å². The van der Waals surface area contributed by atoms with E-state index in [1.807, 2.05) is 36.4 Å². The Kier molecular flexibility index (Phi) is 7.22. The third-order valence-corrected chi connectivity index (χ3v) is 7.18. The zero-order valence-corrected chi connectivity index (χ0v) is 21.5.